The van der Waals surface area contributed by atoms with Gasteiger partial charge in [-0.1, -0.05) is 17.7 Å². The highest BCUT2D eigenvalue weighted by Crippen LogP contribution is 2.25. The Morgan fingerprint density at radius 3 is 2.52 bits per heavy atom. The molecule has 124 valence electrons. The van der Waals surface area contributed by atoms with Gasteiger partial charge >= 0.3 is 0 Å². The lowest BCUT2D eigenvalue weighted by Gasteiger charge is -2.33. The Balaban J connectivity index is 1.61. The minimum Gasteiger partial charge on any atom is -0.368 e. The molecule has 0 aliphatic carbocycles. The molecule has 23 heavy (non-hydrogen) atoms. The van der Waals surface area contributed by atoms with Crippen LogP contribution in [-0.4, -0.2) is 42.4 Å². The summed E-state index contributed by atoms with van der Waals surface area (Å²) in [7, 11) is 0. The lowest BCUT2D eigenvalue weighted by atomic mass is 9.86. The van der Waals surface area contributed by atoms with Crippen molar-refractivity contribution in [1.82, 2.24) is 4.90 Å². The highest BCUT2D eigenvalue weighted by Gasteiger charge is 2.33. The lowest BCUT2D eigenvalue weighted by Crippen LogP contribution is -2.44. The fourth-order valence-electron chi connectivity index (χ4n) is 3.56. The van der Waals surface area contributed by atoms with Crippen LogP contribution in [0.3, 0.4) is 0 Å². The third kappa shape index (κ3) is 3.47. The molecule has 1 unspecified atom stereocenters. The Morgan fingerprint density at radius 2 is 1.87 bits per heavy atom. The molecule has 0 aromatic heterocycles. The van der Waals surface area contributed by atoms with E-state index >= 15 is 0 Å². The predicted octanol–water partition coefficient (Wildman–Crippen LogP) is 2.90. The van der Waals surface area contributed by atoms with Crippen LogP contribution in [0.5, 0.6) is 0 Å². The number of rotatable bonds is 3. The van der Waals surface area contributed by atoms with Gasteiger partial charge in [-0.25, -0.2) is 0 Å². The van der Waals surface area contributed by atoms with Crippen LogP contribution >= 0.6 is 0 Å². The average Bonchev–Trinajstić information content (AvgIpc) is 3.10. The van der Waals surface area contributed by atoms with Crippen molar-refractivity contribution in [3.63, 3.8) is 0 Å². The first-order valence-corrected chi connectivity index (χ1v) is 8.58. The highest BCUT2D eigenvalue weighted by molar-refractivity contribution is 5.99. The summed E-state index contributed by atoms with van der Waals surface area (Å²) in [5, 5.41) is 0. The van der Waals surface area contributed by atoms with Gasteiger partial charge in [0, 0.05) is 31.2 Å². The maximum Gasteiger partial charge on any atom is 0.251 e. The Labute approximate surface area is 137 Å². The molecule has 4 nitrogen and oxygen atoms in total. The molecule has 1 amide bonds. The molecule has 0 saturated carbocycles. The van der Waals surface area contributed by atoms with Crippen molar-refractivity contribution in [1.29, 1.82) is 0 Å². The second-order valence-electron chi connectivity index (χ2n) is 6.78. The summed E-state index contributed by atoms with van der Waals surface area (Å²) in [5.41, 5.74) is 3.00. The summed E-state index contributed by atoms with van der Waals surface area (Å²) in [5.74, 6) is 0.375. The maximum absolute atomic E-state index is 12.8. The number of nitrogens with zero attached hydrogens (tertiary/aromatic N) is 1. The van der Waals surface area contributed by atoms with E-state index < -0.39 is 0 Å². The number of likely N-dealkylation sites (tertiary alicyclic amines) is 1. The van der Waals surface area contributed by atoms with Crippen LogP contribution < -0.4 is 0 Å². The monoisotopic (exact) mass is 315 g/mol. The number of piperidine rings is 1. The molecule has 2 aliphatic heterocycles. The Hall–Kier alpha value is -1.68. The number of benzene rings is 1. The van der Waals surface area contributed by atoms with Gasteiger partial charge in [0.25, 0.3) is 5.91 Å². The van der Waals surface area contributed by atoms with E-state index in [2.05, 4.69) is 0 Å². The summed E-state index contributed by atoms with van der Waals surface area (Å²) in [4.78, 5) is 27.0. The molecule has 2 heterocycles. The van der Waals surface area contributed by atoms with Crippen LogP contribution in [0.4, 0.5) is 0 Å². The smallest absolute Gasteiger partial charge is 0.251 e. The number of hydrogen-bond donors (Lipinski definition) is 0. The number of hydrogen-bond acceptors (Lipinski definition) is 3. The van der Waals surface area contributed by atoms with Crippen molar-refractivity contribution in [3.8, 4) is 0 Å². The van der Waals surface area contributed by atoms with Crippen LogP contribution in [0.15, 0.2) is 18.2 Å². The predicted molar refractivity (Wildman–Crippen MR) is 88.5 cm³/mol. The van der Waals surface area contributed by atoms with E-state index in [0.717, 1.165) is 42.4 Å². The standard InChI is InChI=1S/C19H25NO3/c1-13-5-6-14(2)16(12-13)18(21)15-7-9-20(10-8-15)19(22)17-4-3-11-23-17/h5-6,12,15,17H,3-4,7-11H2,1-2H3. The topological polar surface area (TPSA) is 46.6 Å². The summed E-state index contributed by atoms with van der Waals surface area (Å²) in [6, 6.07) is 6.04. The first-order valence-electron chi connectivity index (χ1n) is 8.58. The van der Waals surface area contributed by atoms with E-state index in [9.17, 15) is 9.59 Å². The number of amides is 1. The number of ether oxygens (including phenoxy) is 1. The van der Waals surface area contributed by atoms with Crippen molar-refractivity contribution < 1.29 is 14.3 Å². The van der Waals surface area contributed by atoms with Crippen LogP contribution in [0.25, 0.3) is 0 Å². The number of carbonyl (C=O) groups is 2. The fourth-order valence-corrected chi connectivity index (χ4v) is 3.56. The quantitative estimate of drug-likeness (QED) is 0.806. The van der Waals surface area contributed by atoms with Gasteiger partial charge in [-0.15, -0.1) is 0 Å². The van der Waals surface area contributed by atoms with E-state index in [1.165, 1.54) is 0 Å². The molecule has 0 spiro atoms. The van der Waals surface area contributed by atoms with E-state index in [1.54, 1.807) is 0 Å². The second-order valence-corrected chi connectivity index (χ2v) is 6.78. The zero-order valence-corrected chi connectivity index (χ0v) is 14.0. The van der Waals surface area contributed by atoms with Crippen molar-refractivity contribution in [2.24, 2.45) is 5.92 Å². The number of carbonyl (C=O) groups excluding carboxylic acids is 2. The second kappa shape index (κ2) is 6.83. The van der Waals surface area contributed by atoms with Crippen LogP contribution in [0.1, 0.15) is 47.2 Å². The summed E-state index contributed by atoms with van der Waals surface area (Å²) < 4.78 is 5.48. The number of aryl methyl sites for hydroxylation is 2. The van der Waals surface area contributed by atoms with Gasteiger partial charge in [0.15, 0.2) is 5.78 Å². The molecule has 0 radical (unpaired) electrons. The van der Waals surface area contributed by atoms with Crippen LogP contribution in [-0.2, 0) is 9.53 Å². The first-order chi connectivity index (χ1) is 11.1. The summed E-state index contributed by atoms with van der Waals surface area (Å²) in [6.45, 7) is 6.03. The lowest BCUT2D eigenvalue weighted by molar-refractivity contribution is -0.142. The van der Waals surface area contributed by atoms with Crippen molar-refractivity contribution in [3.05, 3.63) is 34.9 Å². The van der Waals surface area contributed by atoms with Gasteiger partial charge in [-0.05, 0) is 51.2 Å². The van der Waals surface area contributed by atoms with E-state index in [-0.39, 0.29) is 23.7 Å². The molecule has 2 saturated heterocycles. The third-order valence-electron chi connectivity index (χ3n) is 5.04. The summed E-state index contributed by atoms with van der Waals surface area (Å²) in [6.07, 6.45) is 3.06. The molecule has 1 atom stereocenters. The van der Waals surface area contributed by atoms with E-state index in [4.69, 9.17) is 4.74 Å². The average molecular weight is 315 g/mol. The maximum atomic E-state index is 12.8. The van der Waals surface area contributed by atoms with Gasteiger partial charge in [0.05, 0.1) is 0 Å². The van der Waals surface area contributed by atoms with Crippen LogP contribution in [0, 0.1) is 19.8 Å². The fraction of sp³-hybridized carbons (Fsp3) is 0.579. The molecule has 0 bridgehead atoms. The highest BCUT2D eigenvalue weighted by atomic mass is 16.5. The van der Waals surface area contributed by atoms with Crippen molar-refractivity contribution in [2.75, 3.05) is 19.7 Å². The van der Waals surface area contributed by atoms with Gasteiger partial charge < -0.3 is 9.64 Å². The molecule has 1 aromatic carbocycles. The van der Waals surface area contributed by atoms with Crippen molar-refractivity contribution >= 4 is 11.7 Å². The van der Waals surface area contributed by atoms with E-state index in [1.807, 2.05) is 36.9 Å². The number of Topliss-reactive ketones (excluding diaryl/α,β-unsaturated/α-hetero) is 1. The van der Waals surface area contributed by atoms with E-state index in [0.29, 0.717) is 19.7 Å². The molecule has 2 aliphatic rings. The SMILES string of the molecule is Cc1ccc(C)c(C(=O)C2CCN(C(=O)C3CCCO3)CC2)c1. The largest absolute Gasteiger partial charge is 0.368 e. The van der Waals surface area contributed by atoms with Crippen LogP contribution in [0.2, 0.25) is 0 Å². The summed E-state index contributed by atoms with van der Waals surface area (Å²) >= 11 is 0. The molecule has 2 fully saturated rings. The van der Waals surface area contributed by atoms with Gasteiger partial charge in [0.2, 0.25) is 0 Å². The van der Waals surface area contributed by atoms with Gasteiger partial charge in [-0.2, -0.15) is 0 Å². The zero-order valence-electron chi connectivity index (χ0n) is 14.0. The molecule has 3 rings (SSSR count). The Morgan fingerprint density at radius 1 is 1.13 bits per heavy atom. The normalized spacial score (nSPS) is 22.3. The number of ketones is 1. The minimum absolute atomic E-state index is 0.0315. The third-order valence-corrected chi connectivity index (χ3v) is 5.04. The molecular formula is C19H25NO3. The zero-order chi connectivity index (χ0) is 16.4. The Kier molecular flexibility index (Phi) is 4.81. The molecule has 1 aromatic rings. The molecular weight excluding hydrogens is 290 g/mol. The Bertz CT molecular complexity index is 597. The first kappa shape index (κ1) is 16.2. The van der Waals surface area contributed by atoms with Gasteiger partial charge in [0.1, 0.15) is 6.10 Å². The van der Waals surface area contributed by atoms with Gasteiger partial charge in [-0.3, -0.25) is 9.59 Å². The van der Waals surface area contributed by atoms with Crippen molar-refractivity contribution in [2.45, 2.75) is 45.6 Å². The molecule has 4 heteroatoms. The molecule has 0 N–H and O–H groups in total. The minimum atomic E-state index is -0.249.